The third-order valence-corrected chi connectivity index (χ3v) is 7.07. The van der Waals surface area contributed by atoms with Gasteiger partial charge in [-0.1, -0.05) is 12.1 Å². The first-order chi connectivity index (χ1) is 15.1. The quantitative estimate of drug-likeness (QED) is 0.760. The van der Waals surface area contributed by atoms with Gasteiger partial charge in [-0.3, -0.25) is 4.79 Å². The summed E-state index contributed by atoms with van der Waals surface area (Å²) in [5.74, 6) is 1.73. The molecule has 3 amide bonds. The second kappa shape index (κ2) is 8.30. The van der Waals surface area contributed by atoms with Crippen molar-refractivity contribution in [2.75, 3.05) is 43.4 Å². The van der Waals surface area contributed by atoms with Crippen LogP contribution in [0.5, 0.6) is 0 Å². The Morgan fingerprint density at radius 3 is 2.39 bits per heavy atom. The van der Waals surface area contributed by atoms with Crippen molar-refractivity contribution in [1.82, 2.24) is 14.8 Å². The zero-order chi connectivity index (χ0) is 21.4. The van der Waals surface area contributed by atoms with Crippen LogP contribution in [0.15, 0.2) is 42.6 Å². The maximum atomic E-state index is 13.7. The summed E-state index contributed by atoms with van der Waals surface area (Å²) in [7, 11) is 2.20. The number of nitrogens with zero attached hydrogens (tertiary/aromatic N) is 4. The maximum absolute atomic E-state index is 13.7. The molecular formula is C24H29N5O2. The van der Waals surface area contributed by atoms with Crippen molar-refractivity contribution < 1.29 is 9.59 Å². The molecule has 2 fully saturated rings. The molecule has 4 heterocycles. The number of likely N-dealkylation sites (tertiary alicyclic amines) is 2. The molecular weight excluding hydrogens is 390 g/mol. The summed E-state index contributed by atoms with van der Waals surface area (Å²) in [5, 5.41) is 2.90. The number of hydrogen-bond acceptors (Lipinski definition) is 4. The fourth-order valence-electron chi connectivity index (χ4n) is 5.23. The van der Waals surface area contributed by atoms with Gasteiger partial charge in [-0.15, -0.1) is 0 Å². The molecule has 7 heteroatoms. The second-order valence-corrected chi connectivity index (χ2v) is 8.93. The molecule has 0 aliphatic carbocycles. The van der Waals surface area contributed by atoms with Gasteiger partial charge in [0.2, 0.25) is 0 Å². The number of carbonyl (C=O) groups excluding carboxylic acids is 2. The van der Waals surface area contributed by atoms with Gasteiger partial charge in [-0.25, -0.2) is 14.7 Å². The summed E-state index contributed by atoms with van der Waals surface area (Å²) in [6.07, 6.45) is 6.27. The highest BCUT2D eigenvalue weighted by Crippen LogP contribution is 2.38. The van der Waals surface area contributed by atoms with Crippen LogP contribution in [-0.2, 0) is 0 Å². The van der Waals surface area contributed by atoms with Gasteiger partial charge in [-0.2, -0.15) is 0 Å². The minimum Gasteiger partial charge on any atom is -0.324 e. The zero-order valence-electron chi connectivity index (χ0n) is 18.0. The van der Waals surface area contributed by atoms with Crippen LogP contribution in [0.3, 0.4) is 0 Å². The summed E-state index contributed by atoms with van der Waals surface area (Å²) >= 11 is 0. The highest BCUT2D eigenvalue weighted by atomic mass is 16.2. The number of anilines is 3. The SMILES string of the molecule is CN1CCC(C2CCN(C(=O)N3c4ccccc4C(=O)Nc4cccnc43)CC2)CC1. The lowest BCUT2D eigenvalue weighted by Crippen LogP contribution is -2.47. The van der Waals surface area contributed by atoms with E-state index in [2.05, 4.69) is 22.2 Å². The van der Waals surface area contributed by atoms with E-state index in [9.17, 15) is 9.59 Å². The molecule has 1 N–H and O–H groups in total. The number of benzene rings is 1. The maximum Gasteiger partial charge on any atom is 0.330 e. The van der Waals surface area contributed by atoms with Crippen LogP contribution in [0, 0.1) is 11.8 Å². The van der Waals surface area contributed by atoms with Crippen molar-refractivity contribution in [3.05, 3.63) is 48.2 Å². The number of nitrogens with one attached hydrogen (secondary N) is 1. The average molecular weight is 420 g/mol. The standard InChI is InChI=1S/C24H29N5O2/c1-27-13-8-17(9-14-27)18-10-15-28(16-11-18)24(31)29-21-7-3-2-5-19(21)23(30)26-20-6-4-12-25-22(20)29/h2-7,12,17-18H,8-11,13-16H2,1H3,(H,26,30). The lowest BCUT2D eigenvalue weighted by Gasteiger charge is -2.40. The van der Waals surface area contributed by atoms with E-state index in [0.29, 0.717) is 28.7 Å². The van der Waals surface area contributed by atoms with E-state index in [1.54, 1.807) is 29.3 Å². The molecule has 3 aliphatic heterocycles. The van der Waals surface area contributed by atoms with E-state index in [1.165, 1.54) is 25.9 Å². The molecule has 0 radical (unpaired) electrons. The number of fused-ring (bicyclic) bond motifs is 2. The monoisotopic (exact) mass is 419 g/mol. The largest absolute Gasteiger partial charge is 0.330 e. The minimum absolute atomic E-state index is 0.106. The Hall–Kier alpha value is -2.93. The van der Waals surface area contributed by atoms with Crippen molar-refractivity contribution >= 4 is 29.1 Å². The number of carbonyl (C=O) groups is 2. The molecule has 5 rings (SSSR count). The topological polar surface area (TPSA) is 68.8 Å². The van der Waals surface area contributed by atoms with Crippen LogP contribution in [0.2, 0.25) is 0 Å². The summed E-state index contributed by atoms with van der Waals surface area (Å²) in [5.41, 5.74) is 1.62. The Labute approximate surface area is 183 Å². The number of amides is 3. The van der Waals surface area contributed by atoms with Gasteiger partial charge < -0.3 is 15.1 Å². The molecule has 0 spiro atoms. The molecule has 0 unspecified atom stereocenters. The van der Waals surface area contributed by atoms with Crippen molar-refractivity contribution in [2.45, 2.75) is 25.7 Å². The highest BCUT2D eigenvalue weighted by molar-refractivity contribution is 6.16. The highest BCUT2D eigenvalue weighted by Gasteiger charge is 2.36. The zero-order valence-corrected chi connectivity index (χ0v) is 18.0. The predicted molar refractivity (Wildman–Crippen MR) is 121 cm³/mol. The van der Waals surface area contributed by atoms with Crippen LogP contribution >= 0.6 is 0 Å². The van der Waals surface area contributed by atoms with Gasteiger partial charge in [0.25, 0.3) is 5.91 Å². The number of pyridine rings is 1. The van der Waals surface area contributed by atoms with Crippen LogP contribution < -0.4 is 10.2 Å². The van der Waals surface area contributed by atoms with Gasteiger partial charge in [0.1, 0.15) is 0 Å². The third-order valence-electron chi connectivity index (χ3n) is 7.07. The molecule has 162 valence electrons. The number of hydrogen-bond donors (Lipinski definition) is 1. The summed E-state index contributed by atoms with van der Waals surface area (Å²) < 4.78 is 0. The lowest BCUT2D eigenvalue weighted by atomic mass is 9.79. The fourth-order valence-corrected chi connectivity index (χ4v) is 5.23. The van der Waals surface area contributed by atoms with Crippen LogP contribution in [-0.4, -0.2) is 59.9 Å². The first-order valence-electron chi connectivity index (χ1n) is 11.2. The van der Waals surface area contributed by atoms with E-state index >= 15 is 0 Å². The van der Waals surface area contributed by atoms with Crippen LogP contribution in [0.4, 0.5) is 22.0 Å². The summed E-state index contributed by atoms with van der Waals surface area (Å²) in [6, 6.07) is 10.7. The van der Waals surface area contributed by atoms with Gasteiger partial charge in [0, 0.05) is 19.3 Å². The third kappa shape index (κ3) is 3.78. The van der Waals surface area contributed by atoms with Crippen molar-refractivity contribution in [1.29, 1.82) is 0 Å². The Morgan fingerprint density at radius 2 is 1.65 bits per heavy atom. The van der Waals surface area contributed by atoms with Crippen molar-refractivity contribution in [2.24, 2.45) is 11.8 Å². The number of rotatable bonds is 1. The molecule has 2 saturated heterocycles. The minimum atomic E-state index is -0.221. The number of aromatic nitrogens is 1. The normalized spacial score (nSPS) is 20.6. The van der Waals surface area contributed by atoms with Gasteiger partial charge in [0.15, 0.2) is 5.82 Å². The number of urea groups is 1. The van der Waals surface area contributed by atoms with Gasteiger partial charge in [-0.05, 0) is 81.9 Å². The molecule has 0 atom stereocenters. The molecule has 3 aliphatic rings. The molecule has 1 aromatic heterocycles. The average Bonchev–Trinajstić information content (AvgIpc) is 2.93. The first-order valence-corrected chi connectivity index (χ1v) is 11.2. The molecule has 0 saturated carbocycles. The van der Waals surface area contributed by atoms with Gasteiger partial charge >= 0.3 is 6.03 Å². The van der Waals surface area contributed by atoms with Gasteiger partial charge in [0.05, 0.1) is 16.9 Å². The van der Waals surface area contributed by atoms with Crippen molar-refractivity contribution in [3.63, 3.8) is 0 Å². The Bertz CT molecular complexity index is 977. The summed E-state index contributed by atoms with van der Waals surface area (Å²) in [6.45, 7) is 3.85. The Kier molecular flexibility index (Phi) is 5.36. The summed E-state index contributed by atoms with van der Waals surface area (Å²) in [4.78, 5) is 36.9. The smallest absolute Gasteiger partial charge is 0.324 e. The molecule has 31 heavy (non-hydrogen) atoms. The van der Waals surface area contributed by atoms with E-state index < -0.39 is 0 Å². The predicted octanol–water partition coefficient (Wildman–Crippen LogP) is 3.96. The first kappa shape index (κ1) is 20.0. The number of piperidine rings is 2. The van der Waals surface area contributed by atoms with E-state index in [0.717, 1.165) is 31.8 Å². The molecule has 1 aromatic carbocycles. The van der Waals surface area contributed by atoms with Crippen molar-refractivity contribution in [3.8, 4) is 0 Å². The van der Waals surface area contributed by atoms with E-state index in [-0.39, 0.29) is 11.9 Å². The fraction of sp³-hybridized carbons (Fsp3) is 0.458. The van der Waals surface area contributed by atoms with Crippen LogP contribution in [0.25, 0.3) is 0 Å². The molecule has 0 bridgehead atoms. The van der Waals surface area contributed by atoms with Crippen LogP contribution in [0.1, 0.15) is 36.0 Å². The van der Waals surface area contributed by atoms with E-state index in [1.807, 2.05) is 23.1 Å². The Morgan fingerprint density at radius 1 is 0.968 bits per heavy atom. The molecule has 7 nitrogen and oxygen atoms in total. The second-order valence-electron chi connectivity index (χ2n) is 8.93. The number of para-hydroxylation sites is 1. The Balaban J connectivity index is 1.38. The van der Waals surface area contributed by atoms with E-state index in [4.69, 9.17) is 0 Å². The molecule has 2 aromatic rings. The lowest BCUT2D eigenvalue weighted by molar-refractivity contribution is 0.102.